The molecule has 114 valence electrons. The van der Waals surface area contributed by atoms with Gasteiger partial charge in [0.2, 0.25) is 5.82 Å². The van der Waals surface area contributed by atoms with E-state index in [0.717, 1.165) is 32.3 Å². The third-order valence-corrected chi connectivity index (χ3v) is 3.03. The fourth-order valence-corrected chi connectivity index (χ4v) is 2.09. The van der Waals surface area contributed by atoms with E-state index >= 15 is 0 Å². The lowest BCUT2D eigenvalue weighted by Crippen LogP contribution is -2.10. The molecule has 1 rings (SSSR count). The Morgan fingerprint density at radius 2 is 2.15 bits per heavy atom. The van der Waals surface area contributed by atoms with Gasteiger partial charge in [-0.1, -0.05) is 6.92 Å². The monoisotopic (exact) mass is 284 g/mol. The molecule has 0 fully saturated rings. The van der Waals surface area contributed by atoms with Crippen LogP contribution in [0.2, 0.25) is 0 Å². The number of hydrogen-bond donors (Lipinski definition) is 1. The quantitative estimate of drug-likeness (QED) is 0.406. The molecule has 0 aliphatic carbocycles. The Morgan fingerprint density at radius 3 is 2.75 bits per heavy atom. The van der Waals surface area contributed by atoms with Crippen LogP contribution in [-0.2, 0) is 11.3 Å². The Morgan fingerprint density at radius 1 is 1.40 bits per heavy atom. The summed E-state index contributed by atoms with van der Waals surface area (Å²) in [5.41, 5.74) is 0.556. The highest BCUT2D eigenvalue weighted by Crippen LogP contribution is 2.28. The highest BCUT2D eigenvalue weighted by molar-refractivity contribution is 5.59. The smallest absolute Gasteiger partial charge is 0.333 e. The van der Waals surface area contributed by atoms with Gasteiger partial charge in [0, 0.05) is 26.8 Å². The topological polar surface area (TPSA) is 82.2 Å². The minimum Gasteiger partial charge on any atom is -0.385 e. The Balaban J connectivity index is 2.63. The predicted molar refractivity (Wildman–Crippen MR) is 78.1 cm³/mol. The normalized spacial score (nSPS) is 10.8. The van der Waals surface area contributed by atoms with Crippen LogP contribution in [0.1, 0.15) is 38.3 Å². The lowest BCUT2D eigenvalue weighted by molar-refractivity contribution is -0.384. The molecule has 1 aromatic rings. The van der Waals surface area contributed by atoms with E-state index in [1.165, 1.54) is 0 Å². The number of aromatic nitrogens is 2. The lowest BCUT2D eigenvalue weighted by atomic mass is 10.2. The van der Waals surface area contributed by atoms with Crippen molar-refractivity contribution < 1.29 is 9.66 Å². The number of aryl methyl sites for hydroxylation is 2. The van der Waals surface area contributed by atoms with Gasteiger partial charge in [0.05, 0.1) is 4.92 Å². The van der Waals surface area contributed by atoms with E-state index < -0.39 is 0 Å². The highest BCUT2D eigenvalue weighted by atomic mass is 16.6. The Labute approximate surface area is 119 Å². The van der Waals surface area contributed by atoms with Gasteiger partial charge < -0.3 is 10.1 Å². The number of unbranched alkanes of at least 4 members (excludes halogenated alkanes) is 2. The molecule has 0 radical (unpaired) electrons. The maximum absolute atomic E-state index is 11.1. The molecule has 20 heavy (non-hydrogen) atoms. The Kier molecular flexibility index (Phi) is 7.00. The number of nitrogens with one attached hydrogen (secondary N) is 1. The molecule has 1 N–H and O–H groups in total. The first-order valence-corrected chi connectivity index (χ1v) is 7.06. The molecular weight excluding hydrogens is 260 g/mol. The maximum Gasteiger partial charge on any atom is 0.333 e. The summed E-state index contributed by atoms with van der Waals surface area (Å²) in [6.45, 7) is 5.85. The largest absolute Gasteiger partial charge is 0.385 e. The van der Waals surface area contributed by atoms with E-state index in [0.29, 0.717) is 24.6 Å². The molecule has 0 amide bonds. The van der Waals surface area contributed by atoms with Crippen LogP contribution in [0.15, 0.2) is 0 Å². The molecular formula is C13H24N4O3. The SMILES string of the molecule is CCCn1nc(C)c([N+](=O)[O-])c1NCCCCCOC. The zero-order valence-electron chi connectivity index (χ0n) is 12.5. The van der Waals surface area contributed by atoms with Crippen molar-refractivity contribution in [3.8, 4) is 0 Å². The lowest BCUT2D eigenvalue weighted by Gasteiger charge is -2.08. The summed E-state index contributed by atoms with van der Waals surface area (Å²) in [7, 11) is 1.69. The van der Waals surface area contributed by atoms with Crippen LogP contribution in [0.5, 0.6) is 0 Å². The number of nitro groups is 1. The summed E-state index contributed by atoms with van der Waals surface area (Å²) in [5.74, 6) is 0.529. The first kappa shape index (κ1) is 16.4. The van der Waals surface area contributed by atoms with E-state index in [1.54, 1.807) is 18.7 Å². The molecule has 0 aromatic carbocycles. The van der Waals surface area contributed by atoms with Gasteiger partial charge in [-0.3, -0.25) is 10.1 Å². The van der Waals surface area contributed by atoms with Crippen molar-refractivity contribution in [2.75, 3.05) is 25.6 Å². The number of hydrogen-bond acceptors (Lipinski definition) is 5. The Hall–Kier alpha value is -1.63. The molecule has 0 aliphatic rings. The molecule has 0 spiro atoms. The van der Waals surface area contributed by atoms with Crippen LogP contribution in [0.25, 0.3) is 0 Å². The molecule has 0 bridgehead atoms. The number of rotatable bonds is 10. The molecule has 0 saturated heterocycles. The van der Waals surface area contributed by atoms with Crippen LogP contribution in [-0.4, -0.2) is 35.0 Å². The van der Waals surface area contributed by atoms with Gasteiger partial charge in [0.15, 0.2) is 0 Å². The molecule has 1 heterocycles. The first-order valence-electron chi connectivity index (χ1n) is 7.06. The molecule has 0 aliphatic heterocycles. The van der Waals surface area contributed by atoms with Crippen molar-refractivity contribution in [1.82, 2.24) is 9.78 Å². The van der Waals surface area contributed by atoms with Crippen molar-refractivity contribution >= 4 is 11.5 Å². The molecule has 7 nitrogen and oxygen atoms in total. The van der Waals surface area contributed by atoms with Crippen molar-refractivity contribution in [2.24, 2.45) is 0 Å². The zero-order chi connectivity index (χ0) is 15.0. The number of anilines is 1. The summed E-state index contributed by atoms with van der Waals surface area (Å²) in [4.78, 5) is 10.8. The van der Waals surface area contributed by atoms with Gasteiger partial charge >= 0.3 is 5.69 Å². The number of nitrogens with zero attached hydrogens (tertiary/aromatic N) is 3. The number of methoxy groups -OCH3 is 1. The van der Waals surface area contributed by atoms with E-state index in [1.807, 2.05) is 6.92 Å². The second-order valence-corrected chi connectivity index (χ2v) is 4.74. The third-order valence-electron chi connectivity index (χ3n) is 3.03. The van der Waals surface area contributed by atoms with E-state index in [4.69, 9.17) is 4.74 Å². The van der Waals surface area contributed by atoms with Crippen LogP contribution in [0.4, 0.5) is 11.5 Å². The van der Waals surface area contributed by atoms with Crippen LogP contribution in [0, 0.1) is 17.0 Å². The van der Waals surface area contributed by atoms with Crippen molar-refractivity contribution in [3.63, 3.8) is 0 Å². The second kappa shape index (κ2) is 8.52. The summed E-state index contributed by atoms with van der Waals surface area (Å²) in [6, 6.07) is 0. The van der Waals surface area contributed by atoms with Crippen LogP contribution in [0.3, 0.4) is 0 Å². The number of ether oxygens (including phenoxy) is 1. The van der Waals surface area contributed by atoms with Gasteiger partial charge in [-0.15, -0.1) is 0 Å². The molecule has 0 saturated carbocycles. The van der Waals surface area contributed by atoms with Gasteiger partial charge in [-0.05, 0) is 32.6 Å². The second-order valence-electron chi connectivity index (χ2n) is 4.74. The van der Waals surface area contributed by atoms with Crippen molar-refractivity contribution in [2.45, 2.75) is 46.1 Å². The van der Waals surface area contributed by atoms with Crippen molar-refractivity contribution in [3.05, 3.63) is 15.8 Å². The van der Waals surface area contributed by atoms with Gasteiger partial charge in [0.25, 0.3) is 0 Å². The molecule has 0 unspecified atom stereocenters. The fourth-order valence-electron chi connectivity index (χ4n) is 2.09. The zero-order valence-corrected chi connectivity index (χ0v) is 12.5. The maximum atomic E-state index is 11.1. The molecule has 0 atom stereocenters. The first-order chi connectivity index (χ1) is 9.61. The average molecular weight is 284 g/mol. The summed E-state index contributed by atoms with van der Waals surface area (Å²) in [5, 5.41) is 18.5. The van der Waals surface area contributed by atoms with Gasteiger partial charge in [-0.2, -0.15) is 5.10 Å². The predicted octanol–water partition coefficient (Wildman–Crippen LogP) is 2.74. The van der Waals surface area contributed by atoms with Gasteiger partial charge in [-0.25, -0.2) is 4.68 Å². The van der Waals surface area contributed by atoms with Crippen molar-refractivity contribution in [1.29, 1.82) is 0 Å². The molecule has 1 aromatic heterocycles. The standard InChI is InChI=1S/C13H24N4O3/c1-4-9-16-13(12(17(18)19)11(2)15-16)14-8-6-5-7-10-20-3/h14H,4-10H2,1-3H3. The van der Waals surface area contributed by atoms with Crippen LogP contribution < -0.4 is 5.32 Å². The van der Waals surface area contributed by atoms with E-state index in [-0.39, 0.29) is 10.6 Å². The fraction of sp³-hybridized carbons (Fsp3) is 0.769. The Bertz CT molecular complexity index is 431. The third kappa shape index (κ3) is 4.48. The summed E-state index contributed by atoms with van der Waals surface area (Å²) in [6.07, 6.45) is 3.89. The van der Waals surface area contributed by atoms with E-state index in [2.05, 4.69) is 10.4 Å². The van der Waals surface area contributed by atoms with Crippen LogP contribution >= 0.6 is 0 Å². The highest BCUT2D eigenvalue weighted by Gasteiger charge is 2.24. The minimum atomic E-state index is -0.359. The summed E-state index contributed by atoms with van der Waals surface area (Å²) >= 11 is 0. The summed E-state index contributed by atoms with van der Waals surface area (Å²) < 4.78 is 6.68. The minimum absolute atomic E-state index is 0.0929. The average Bonchev–Trinajstić information content (AvgIpc) is 2.70. The van der Waals surface area contributed by atoms with Gasteiger partial charge in [0.1, 0.15) is 5.69 Å². The molecule has 7 heteroatoms. The van der Waals surface area contributed by atoms with E-state index in [9.17, 15) is 10.1 Å².